The fraction of sp³-hybridized carbons (Fsp3) is 0.316. The number of carbonyl (C=O) groups excluding carboxylic acids is 1. The summed E-state index contributed by atoms with van der Waals surface area (Å²) >= 11 is 0. The van der Waals surface area contributed by atoms with Gasteiger partial charge in [0.1, 0.15) is 11.8 Å². The van der Waals surface area contributed by atoms with E-state index in [1.54, 1.807) is 24.0 Å². The molecule has 2 aromatic rings. The summed E-state index contributed by atoms with van der Waals surface area (Å²) in [6, 6.07) is 13.4. The molecule has 0 fully saturated rings. The highest BCUT2D eigenvalue weighted by Crippen LogP contribution is 2.33. The summed E-state index contributed by atoms with van der Waals surface area (Å²) in [4.78, 5) is 19.1. The van der Waals surface area contributed by atoms with Crippen LogP contribution in [0.4, 0.5) is 11.4 Å². The quantitative estimate of drug-likeness (QED) is 0.921. The molecule has 1 aromatic heterocycles. The number of nitriles is 1. The summed E-state index contributed by atoms with van der Waals surface area (Å²) in [7, 11) is 0. The topological polar surface area (TPSA) is 69.0 Å². The predicted molar refractivity (Wildman–Crippen MR) is 94.1 cm³/mol. The number of nitrogens with zero attached hydrogens (tertiary/aromatic N) is 3. The first-order valence-electron chi connectivity index (χ1n) is 8.06. The van der Waals surface area contributed by atoms with Crippen molar-refractivity contribution in [2.75, 3.05) is 16.8 Å². The monoisotopic (exact) mass is 320 g/mol. The average molecular weight is 320 g/mol. The minimum atomic E-state index is -0.137. The lowest BCUT2D eigenvalue weighted by Gasteiger charge is -2.37. The molecule has 1 N–H and O–H groups in total. The Morgan fingerprint density at radius 2 is 2.08 bits per heavy atom. The van der Waals surface area contributed by atoms with Gasteiger partial charge in [-0.25, -0.2) is 4.98 Å². The molecule has 0 saturated heterocycles. The van der Waals surface area contributed by atoms with Crippen LogP contribution in [-0.4, -0.2) is 23.5 Å². The van der Waals surface area contributed by atoms with Crippen molar-refractivity contribution < 1.29 is 4.79 Å². The first-order valence-corrected chi connectivity index (χ1v) is 8.06. The van der Waals surface area contributed by atoms with Gasteiger partial charge in [-0.15, -0.1) is 0 Å². The van der Waals surface area contributed by atoms with Crippen molar-refractivity contribution in [2.45, 2.75) is 26.8 Å². The molecule has 0 radical (unpaired) electrons. The van der Waals surface area contributed by atoms with E-state index >= 15 is 0 Å². The summed E-state index contributed by atoms with van der Waals surface area (Å²) in [6.45, 7) is 6.61. The van der Waals surface area contributed by atoms with Crippen LogP contribution in [0, 0.1) is 24.2 Å². The van der Waals surface area contributed by atoms with Crippen molar-refractivity contribution in [3.05, 3.63) is 53.3 Å². The number of amides is 1. The fourth-order valence-electron chi connectivity index (χ4n) is 2.88. The SMILES string of the molecule is Cc1nc(C(=O)N2CC(C(C)C)Nc3ccccc32)ccc1C#N. The maximum Gasteiger partial charge on any atom is 0.277 e. The van der Waals surface area contributed by atoms with Crippen LogP contribution in [0.25, 0.3) is 0 Å². The molecule has 5 nitrogen and oxygen atoms in total. The minimum absolute atomic E-state index is 0.137. The Bertz CT molecular complexity index is 822. The van der Waals surface area contributed by atoms with Crippen LogP contribution < -0.4 is 10.2 Å². The number of carbonyl (C=O) groups is 1. The Morgan fingerprint density at radius 1 is 1.33 bits per heavy atom. The van der Waals surface area contributed by atoms with E-state index in [0.29, 0.717) is 29.4 Å². The lowest BCUT2D eigenvalue weighted by Crippen LogP contribution is -2.47. The van der Waals surface area contributed by atoms with Crippen molar-refractivity contribution in [3.63, 3.8) is 0 Å². The van der Waals surface area contributed by atoms with Crippen LogP contribution in [0.3, 0.4) is 0 Å². The minimum Gasteiger partial charge on any atom is -0.379 e. The van der Waals surface area contributed by atoms with Crippen LogP contribution in [0.15, 0.2) is 36.4 Å². The first-order chi connectivity index (χ1) is 11.5. The van der Waals surface area contributed by atoms with Gasteiger partial charge in [-0.05, 0) is 37.1 Å². The maximum atomic E-state index is 13.0. The second-order valence-electron chi connectivity index (χ2n) is 6.37. The van der Waals surface area contributed by atoms with E-state index in [1.165, 1.54) is 0 Å². The van der Waals surface area contributed by atoms with Crippen molar-refractivity contribution in [1.29, 1.82) is 5.26 Å². The maximum absolute atomic E-state index is 13.0. The highest BCUT2D eigenvalue weighted by Gasteiger charge is 2.30. The molecule has 1 aliphatic rings. The van der Waals surface area contributed by atoms with Crippen molar-refractivity contribution >= 4 is 17.3 Å². The molecule has 0 bridgehead atoms. The third kappa shape index (κ3) is 2.83. The third-order valence-electron chi connectivity index (χ3n) is 4.39. The van der Waals surface area contributed by atoms with Gasteiger partial charge in [0.05, 0.1) is 22.6 Å². The van der Waals surface area contributed by atoms with Crippen LogP contribution in [0.2, 0.25) is 0 Å². The van der Waals surface area contributed by atoms with Gasteiger partial charge in [0.15, 0.2) is 0 Å². The summed E-state index contributed by atoms with van der Waals surface area (Å²) in [6.07, 6.45) is 0. The van der Waals surface area contributed by atoms with Gasteiger partial charge < -0.3 is 10.2 Å². The van der Waals surface area contributed by atoms with Crippen LogP contribution in [0.1, 0.15) is 35.6 Å². The number of aryl methyl sites for hydroxylation is 1. The van der Waals surface area contributed by atoms with Crippen molar-refractivity contribution in [3.8, 4) is 6.07 Å². The normalized spacial score (nSPS) is 16.3. The number of benzene rings is 1. The molecular weight excluding hydrogens is 300 g/mol. The molecule has 0 saturated carbocycles. The van der Waals surface area contributed by atoms with E-state index in [9.17, 15) is 4.79 Å². The lowest BCUT2D eigenvalue weighted by molar-refractivity contribution is 0.0978. The van der Waals surface area contributed by atoms with Crippen LogP contribution in [-0.2, 0) is 0 Å². The molecule has 122 valence electrons. The largest absolute Gasteiger partial charge is 0.379 e. The van der Waals surface area contributed by atoms with Gasteiger partial charge >= 0.3 is 0 Å². The van der Waals surface area contributed by atoms with Crippen LogP contribution in [0.5, 0.6) is 0 Å². The molecule has 24 heavy (non-hydrogen) atoms. The fourth-order valence-corrected chi connectivity index (χ4v) is 2.88. The van der Waals surface area contributed by atoms with Crippen molar-refractivity contribution in [1.82, 2.24) is 4.98 Å². The molecule has 3 rings (SSSR count). The zero-order valence-electron chi connectivity index (χ0n) is 14.1. The molecule has 1 amide bonds. The van der Waals surface area contributed by atoms with E-state index < -0.39 is 0 Å². The van der Waals surface area contributed by atoms with Crippen molar-refractivity contribution in [2.24, 2.45) is 5.92 Å². The highest BCUT2D eigenvalue weighted by atomic mass is 16.2. The van der Waals surface area contributed by atoms with Gasteiger partial charge in [-0.1, -0.05) is 26.0 Å². The summed E-state index contributed by atoms with van der Waals surface area (Å²) in [5.74, 6) is 0.256. The molecule has 0 aliphatic carbocycles. The summed E-state index contributed by atoms with van der Waals surface area (Å²) in [5, 5.41) is 12.5. The first kappa shape index (κ1) is 16.0. The Hall–Kier alpha value is -2.87. The second kappa shape index (κ2) is 6.32. The molecule has 5 heteroatoms. The molecular formula is C19H20N4O. The number of hydrogen-bond donors (Lipinski definition) is 1. The number of para-hydroxylation sites is 2. The molecule has 1 aromatic carbocycles. The Morgan fingerprint density at radius 3 is 2.75 bits per heavy atom. The number of hydrogen-bond acceptors (Lipinski definition) is 4. The van der Waals surface area contributed by atoms with E-state index in [1.807, 2.05) is 24.3 Å². The number of pyridine rings is 1. The standard InChI is InChI=1S/C19H20N4O/c1-12(2)17-11-23(18-7-5-4-6-15(18)22-17)19(24)16-9-8-14(10-20)13(3)21-16/h4-9,12,17,22H,11H2,1-3H3. The smallest absolute Gasteiger partial charge is 0.277 e. The van der Waals surface area contributed by atoms with E-state index in [0.717, 1.165) is 11.4 Å². The molecule has 1 atom stereocenters. The van der Waals surface area contributed by atoms with Gasteiger partial charge in [-0.3, -0.25) is 4.79 Å². The van der Waals surface area contributed by atoms with Gasteiger partial charge in [-0.2, -0.15) is 5.26 Å². The molecule has 1 unspecified atom stereocenters. The van der Waals surface area contributed by atoms with Gasteiger partial charge in [0, 0.05) is 12.6 Å². The Labute approximate surface area is 141 Å². The molecule has 0 spiro atoms. The molecule has 1 aliphatic heterocycles. The van der Waals surface area contributed by atoms with Gasteiger partial charge in [0.2, 0.25) is 0 Å². The predicted octanol–water partition coefficient (Wildman–Crippen LogP) is 3.36. The molecule has 2 heterocycles. The third-order valence-corrected chi connectivity index (χ3v) is 4.39. The number of aromatic nitrogens is 1. The zero-order chi connectivity index (χ0) is 17.3. The number of nitrogens with one attached hydrogen (secondary N) is 1. The average Bonchev–Trinajstić information content (AvgIpc) is 2.60. The highest BCUT2D eigenvalue weighted by molar-refractivity contribution is 6.07. The van der Waals surface area contributed by atoms with Crippen LogP contribution >= 0.6 is 0 Å². The number of anilines is 2. The zero-order valence-corrected chi connectivity index (χ0v) is 14.1. The second-order valence-corrected chi connectivity index (χ2v) is 6.37. The van der Waals surface area contributed by atoms with Gasteiger partial charge in [0.25, 0.3) is 5.91 Å². The van der Waals surface area contributed by atoms with E-state index in [-0.39, 0.29) is 11.9 Å². The Kier molecular flexibility index (Phi) is 4.22. The number of fused-ring (bicyclic) bond motifs is 1. The van der Waals surface area contributed by atoms with E-state index in [2.05, 4.69) is 30.2 Å². The summed E-state index contributed by atoms with van der Waals surface area (Å²) in [5.41, 5.74) is 3.26. The Balaban J connectivity index is 1.99. The number of rotatable bonds is 2. The van der Waals surface area contributed by atoms with E-state index in [4.69, 9.17) is 5.26 Å². The lowest BCUT2D eigenvalue weighted by atomic mass is 9.99. The summed E-state index contributed by atoms with van der Waals surface area (Å²) < 4.78 is 0.